The molecule has 0 aromatic carbocycles. The number of aromatic nitrogens is 2. The molecule has 1 unspecified atom stereocenters. The van der Waals surface area contributed by atoms with Gasteiger partial charge in [0, 0.05) is 6.07 Å². The van der Waals surface area contributed by atoms with Crippen LogP contribution in [0.4, 0.5) is 5.82 Å². The first-order valence-corrected chi connectivity index (χ1v) is 5.15. The molecule has 0 aliphatic carbocycles. The quantitative estimate of drug-likeness (QED) is 0.637. The second-order valence-corrected chi connectivity index (χ2v) is 3.92. The number of hydrogen-bond acceptors (Lipinski definition) is 5. The van der Waals surface area contributed by atoms with E-state index in [1.807, 2.05) is 13.8 Å². The molecule has 0 bridgehead atoms. The Morgan fingerprint density at radius 3 is 2.59 bits per heavy atom. The van der Waals surface area contributed by atoms with Crippen LogP contribution in [0.25, 0.3) is 0 Å². The van der Waals surface area contributed by atoms with E-state index in [0.717, 1.165) is 0 Å². The van der Waals surface area contributed by atoms with Crippen LogP contribution in [0.3, 0.4) is 0 Å². The number of esters is 1. The molecule has 1 amide bonds. The minimum Gasteiger partial charge on any atom is -0.467 e. The molecular formula is C10H16N4O3. The van der Waals surface area contributed by atoms with Crippen molar-refractivity contribution >= 4 is 17.7 Å². The molecule has 7 heteroatoms. The van der Waals surface area contributed by atoms with Gasteiger partial charge in [0.2, 0.25) is 0 Å². The van der Waals surface area contributed by atoms with Crippen LogP contribution in [0, 0.1) is 5.92 Å². The minimum absolute atomic E-state index is 0.0772. The number of nitrogens with zero attached hydrogens (tertiary/aromatic N) is 1. The van der Waals surface area contributed by atoms with Crippen molar-refractivity contribution in [3.05, 3.63) is 11.8 Å². The Labute approximate surface area is 98.7 Å². The zero-order valence-corrected chi connectivity index (χ0v) is 9.98. The van der Waals surface area contributed by atoms with E-state index in [9.17, 15) is 9.59 Å². The number of aromatic amines is 1. The van der Waals surface area contributed by atoms with Crippen molar-refractivity contribution in [1.82, 2.24) is 15.5 Å². The lowest BCUT2D eigenvalue weighted by Crippen LogP contribution is -2.45. The number of nitrogen functional groups attached to an aromatic ring is 1. The second-order valence-electron chi connectivity index (χ2n) is 3.92. The number of H-pyrrole nitrogens is 1. The lowest BCUT2D eigenvalue weighted by Gasteiger charge is -2.19. The Morgan fingerprint density at radius 1 is 1.53 bits per heavy atom. The van der Waals surface area contributed by atoms with E-state index in [0.29, 0.717) is 0 Å². The Hall–Kier alpha value is -2.05. The van der Waals surface area contributed by atoms with E-state index in [1.54, 1.807) is 0 Å². The van der Waals surface area contributed by atoms with Gasteiger partial charge in [0.05, 0.1) is 7.11 Å². The topological polar surface area (TPSA) is 110 Å². The van der Waals surface area contributed by atoms with Crippen LogP contribution in [0.15, 0.2) is 6.07 Å². The number of hydrogen-bond donors (Lipinski definition) is 3. The van der Waals surface area contributed by atoms with Crippen molar-refractivity contribution < 1.29 is 14.3 Å². The van der Waals surface area contributed by atoms with Crippen LogP contribution in [-0.2, 0) is 9.53 Å². The molecule has 0 aliphatic heterocycles. The van der Waals surface area contributed by atoms with Gasteiger partial charge >= 0.3 is 5.97 Å². The van der Waals surface area contributed by atoms with Crippen LogP contribution < -0.4 is 11.1 Å². The van der Waals surface area contributed by atoms with Gasteiger partial charge in [-0.25, -0.2) is 4.79 Å². The summed E-state index contributed by atoms with van der Waals surface area (Å²) in [4.78, 5) is 23.2. The SMILES string of the molecule is COC(=O)C(NC(=O)c1cc(N)n[nH]1)C(C)C. The van der Waals surface area contributed by atoms with E-state index in [1.165, 1.54) is 13.2 Å². The molecule has 0 radical (unpaired) electrons. The van der Waals surface area contributed by atoms with Crippen LogP contribution in [-0.4, -0.2) is 35.2 Å². The molecule has 0 saturated carbocycles. The van der Waals surface area contributed by atoms with Crippen LogP contribution in [0.1, 0.15) is 24.3 Å². The van der Waals surface area contributed by atoms with Gasteiger partial charge in [0.25, 0.3) is 5.91 Å². The molecule has 94 valence electrons. The Bertz CT molecular complexity index is 413. The Morgan fingerprint density at radius 2 is 2.18 bits per heavy atom. The molecule has 0 aliphatic rings. The minimum atomic E-state index is -0.697. The largest absolute Gasteiger partial charge is 0.467 e. The summed E-state index contributed by atoms with van der Waals surface area (Å²) in [5.41, 5.74) is 5.58. The third kappa shape index (κ3) is 3.20. The van der Waals surface area contributed by atoms with Gasteiger partial charge in [-0.1, -0.05) is 13.8 Å². The van der Waals surface area contributed by atoms with Gasteiger partial charge in [-0.15, -0.1) is 0 Å². The summed E-state index contributed by atoms with van der Waals surface area (Å²) in [7, 11) is 1.28. The Balaban J connectivity index is 2.74. The van der Waals surface area contributed by atoms with Crippen molar-refractivity contribution in [2.24, 2.45) is 5.92 Å². The number of methoxy groups -OCH3 is 1. The molecule has 4 N–H and O–H groups in total. The summed E-state index contributed by atoms with van der Waals surface area (Å²) in [6.45, 7) is 3.62. The lowest BCUT2D eigenvalue weighted by molar-refractivity contribution is -0.144. The number of nitrogens with one attached hydrogen (secondary N) is 2. The number of amides is 1. The Kier molecular flexibility index (Phi) is 4.08. The van der Waals surface area contributed by atoms with Crippen molar-refractivity contribution in [1.29, 1.82) is 0 Å². The fourth-order valence-corrected chi connectivity index (χ4v) is 1.30. The molecule has 17 heavy (non-hydrogen) atoms. The number of rotatable bonds is 4. The van der Waals surface area contributed by atoms with Crippen molar-refractivity contribution in [3.8, 4) is 0 Å². The zero-order chi connectivity index (χ0) is 13.0. The van der Waals surface area contributed by atoms with E-state index in [-0.39, 0.29) is 17.4 Å². The normalized spacial score (nSPS) is 12.2. The molecule has 1 aromatic rings. The van der Waals surface area contributed by atoms with Crippen molar-refractivity contribution in [2.45, 2.75) is 19.9 Å². The highest BCUT2D eigenvalue weighted by Gasteiger charge is 2.25. The third-order valence-corrected chi connectivity index (χ3v) is 2.25. The fourth-order valence-electron chi connectivity index (χ4n) is 1.30. The predicted molar refractivity (Wildman–Crippen MR) is 61.1 cm³/mol. The average Bonchev–Trinajstić information content (AvgIpc) is 2.71. The van der Waals surface area contributed by atoms with E-state index in [4.69, 9.17) is 5.73 Å². The number of carbonyl (C=O) groups is 2. The molecule has 0 fully saturated rings. The third-order valence-electron chi connectivity index (χ3n) is 2.25. The van der Waals surface area contributed by atoms with Gasteiger partial charge in [-0.05, 0) is 5.92 Å². The molecule has 1 aromatic heterocycles. The first-order chi connectivity index (χ1) is 7.95. The number of nitrogens with two attached hydrogens (primary N) is 1. The summed E-state index contributed by atoms with van der Waals surface area (Å²) >= 11 is 0. The van der Waals surface area contributed by atoms with E-state index < -0.39 is 17.9 Å². The van der Waals surface area contributed by atoms with Gasteiger partial charge in [-0.3, -0.25) is 9.89 Å². The highest BCUT2D eigenvalue weighted by atomic mass is 16.5. The summed E-state index contributed by atoms with van der Waals surface area (Å²) in [6, 6.07) is 0.696. The number of carbonyl (C=O) groups excluding carboxylic acids is 2. The first kappa shape index (κ1) is 13.0. The summed E-state index contributed by atoms with van der Waals surface area (Å²) in [6.07, 6.45) is 0. The van der Waals surface area contributed by atoms with Crippen molar-refractivity contribution in [3.63, 3.8) is 0 Å². The van der Waals surface area contributed by atoms with Crippen LogP contribution in [0.5, 0.6) is 0 Å². The molecule has 1 rings (SSSR count). The molecule has 0 saturated heterocycles. The fraction of sp³-hybridized carbons (Fsp3) is 0.500. The predicted octanol–water partition coefficient (Wildman–Crippen LogP) is -0.0807. The van der Waals surface area contributed by atoms with Crippen LogP contribution in [0.2, 0.25) is 0 Å². The highest BCUT2D eigenvalue weighted by molar-refractivity contribution is 5.95. The molecule has 1 heterocycles. The van der Waals surface area contributed by atoms with E-state index >= 15 is 0 Å². The maximum Gasteiger partial charge on any atom is 0.328 e. The number of anilines is 1. The maximum absolute atomic E-state index is 11.7. The molecular weight excluding hydrogens is 224 g/mol. The smallest absolute Gasteiger partial charge is 0.328 e. The van der Waals surface area contributed by atoms with Gasteiger partial charge < -0.3 is 15.8 Å². The van der Waals surface area contributed by atoms with Gasteiger partial charge in [-0.2, -0.15) is 5.10 Å². The van der Waals surface area contributed by atoms with E-state index in [2.05, 4.69) is 20.3 Å². The molecule has 0 spiro atoms. The van der Waals surface area contributed by atoms with Crippen molar-refractivity contribution in [2.75, 3.05) is 12.8 Å². The summed E-state index contributed by atoms with van der Waals surface area (Å²) < 4.78 is 4.61. The summed E-state index contributed by atoms with van der Waals surface area (Å²) in [5, 5.41) is 8.65. The molecule has 7 nitrogen and oxygen atoms in total. The molecule has 1 atom stereocenters. The lowest BCUT2D eigenvalue weighted by atomic mass is 10.0. The van der Waals surface area contributed by atoms with Crippen LogP contribution >= 0.6 is 0 Å². The summed E-state index contributed by atoms with van der Waals surface area (Å²) in [5.74, 6) is -0.792. The standard InChI is InChI=1S/C10H16N4O3/c1-5(2)8(10(16)17-3)12-9(15)6-4-7(11)14-13-6/h4-5,8H,1-3H3,(H,12,15)(H3,11,13,14). The maximum atomic E-state index is 11.7. The monoisotopic (exact) mass is 240 g/mol. The average molecular weight is 240 g/mol. The first-order valence-electron chi connectivity index (χ1n) is 5.15. The van der Waals surface area contributed by atoms with Gasteiger partial charge in [0.15, 0.2) is 0 Å². The second kappa shape index (κ2) is 5.33. The zero-order valence-electron chi connectivity index (χ0n) is 9.98. The number of ether oxygens (including phenoxy) is 1. The highest BCUT2D eigenvalue weighted by Crippen LogP contribution is 2.06. The van der Waals surface area contributed by atoms with Gasteiger partial charge in [0.1, 0.15) is 17.6 Å².